The maximum atomic E-state index is 12.9. The van der Waals surface area contributed by atoms with Crippen LogP contribution in [0.5, 0.6) is 0 Å². The molecule has 55 heavy (non-hydrogen) atoms. The molecule has 4 aromatic rings. The van der Waals surface area contributed by atoms with Crippen LogP contribution >= 0.6 is 0 Å². The molecule has 3 fully saturated rings. The van der Waals surface area contributed by atoms with Gasteiger partial charge >= 0.3 is 12.0 Å². The number of aliphatic hydroxyl groups is 1. The Hall–Kier alpha value is -4.58. The van der Waals surface area contributed by atoms with Crippen LogP contribution in [0.15, 0.2) is 103 Å². The largest absolute Gasteiger partial charge is 0.467 e. The number of methoxy groups -OCH3 is 1. The summed E-state index contributed by atoms with van der Waals surface area (Å²) >= 11 is 0. The van der Waals surface area contributed by atoms with Crippen molar-refractivity contribution in [2.75, 3.05) is 39.8 Å². The quantitative estimate of drug-likeness (QED) is 0.125. The zero-order valence-electron chi connectivity index (χ0n) is 31.8. The molecule has 5 atom stereocenters. The lowest BCUT2D eigenvalue weighted by atomic mass is 9.98. The maximum Gasteiger partial charge on any atom is 0.328 e. The van der Waals surface area contributed by atoms with Crippen molar-refractivity contribution < 1.29 is 28.9 Å². The summed E-state index contributed by atoms with van der Waals surface area (Å²) in [5.74, 6) is -0.498. The van der Waals surface area contributed by atoms with Crippen molar-refractivity contribution in [2.24, 2.45) is 0 Å². The van der Waals surface area contributed by atoms with Crippen LogP contribution in [-0.2, 0) is 38.6 Å². The molecule has 0 aromatic heterocycles. The highest BCUT2D eigenvalue weighted by Crippen LogP contribution is 2.39. The predicted octanol–water partition coefficient (Wildman–Crippen LogP) is 6.54. The Morgan fingerprint density at radius 2 is 1.55 bits per heavy atom. The van der Waals surface area contributed by atoms with Crippen LogP contribution in [0.25, 0.3) is 11.1 Å². The number of nitrogens with one attached hydrogen (secondary N) is 2. The van der Waals surface area contributed by atoms with Gasteiger partial charge < -0.3 is 34.9 Å². The van der Waals surface area contributed by atoms with E-state index in [0.717, 1.165) is 65.0 Å². The predicted molar refractivity (Wildman–Crippen MR) is 212 cm³/mol. The molecule has 0 bridgehead atoms. The smallest absolute Gasteiger partial charge is 0.328 e. The van der Waals surface area contributed by atoms with Crippen molar-refractivity contribution in [2.45, 2.75) is 82.3 Å². The van der Waals surface area contributed by atoms with E-state index in [0.29, 0.717) is 12.5 Å². The third-order valence-electron chi connectivity index (χ3n) is 11.2. The summed E-state index contributed by atoms with van der Waals surface area (Å²) in [4.78, 5) is 30.7. The Labute approximate surface area is 324 Å². The van der Waals surface area contributed by atoms with Gasteiger partial charge in [0.25, 0.3) is 0 Å². The molecule has 3 aliphatic rings. The van der Waals surface area contributed by atoms with Gasteiger partial charge in [-0.1, -0.05) is 91.0 Å². The molecule has 290 valence electrons. The summed E-state index contributed by atoms with van der Waals surface area (Å²) in [5.41, 5.74) is 6.77. The van der Waals surface area contributed by atoms with Crippen molar-refractivity contribution >= 4 is 12.0 Å². The molecule has 0 spiro atoms. The van der Waals surface area contributed by atoms with Crippen LogP contribution in [0, 0.1) is 0 Å². The van der Waals surface area contributed by atoms with Gasteiger partial charge in [0.1, 0.15) is 6.04 Å². The molecule has 2 amide bonds. The fraction of sp³-hybridized carbons (Fsp3) is 0.422. The van der Waals surface area contributed by atoms with Crippen molar-refractivity contribution in [3.63, 3.8) is 0 Å². The van der Waals surface area contributed by atoms with Crippen LogP contribution in [0.4, 0.5) is 4.79 Å². The van der Waals surface area contributed by atoms with E-state index in [1.54, 1.807) is 0 Å². The number of nitrogens with zero attached hydrogens (tertiary/aromatic N) is 2. The molecule has 0 radical (unpaired) electrons. The van der Waals surface area contributed by atoms with E-state index in [4.69, 9.17) is 14.2 Å². The van der Waals surface area contributed by atoms with E-state index in [2.05, 4.69) is 62.9 Å². The number of esters is 1. The van der Waals surface area contributed by atoms with E-state index in [9.17, 15) is 14.7 Å². The molecular formula is C45H54N4O6. The van der Waals surface area contributed by atoms with Gasteiger partial charge in [0.2, 0.25) is 0 Å². The molecule has 0 saturated carbocycles. The third kappa shape index (κ3) is 10.4. The molecule has 3 heterocycles. The highest BCUT2D eigenvalue weighted by atomic mass is 16.7. The molecule has 3 saturated heterocycles. The third-order valence-corrected chi connectivity index (χ3v) is 11.2. The van der Waals surface area contributed by atoms with Crippen LogP contribution in [0.2, 0.25) is 0 Å². The molecule has 10 nitrogen and oxygen atoms in total. The van der Waals surface area contributed by atoms with Gasteiger partial charge in [0.05, 0.1) is 25.9 Å². The molecular weight excluding hydrogens is 693 g/mol. The monoisotopic (exact) mass is 746 g/mol. The molecule has 0 unspecified atom stereocenters. The first kappa shape index (κ1) is 38.7. The van der Waals surface area contributed by atoms with E-state index < -0.39 is 24.3 Å². The number of carbonyl (C=O) groups excluding carboxylic acids is 2. The lowest BCUT2D eigenvalue weighted by Crippen LogP contribution is -2.47. The molecule has 10 heteroatoms. The Balaban J connectivity index is 1.03. The number of hydrogen-bond donors (Lipinski definition) is 3. The molecule has 3 N–H and O–H groups in total. The van der Waals surface area contributed by atoms with Crippen LogP contribution in [0.3, 0.4) is 0 Å². The van der Waals surface area contributed by atoms with Gasteiger partial charge in [-0.25, -0.2) is 9.59 Å². The zero-order chi connectivity index (χ0) is 38.0. The summed E-state index contributed by atoms with van der Waals surface area (Å²) in [5, 5.41) is 15.3. The van der Waals surface area contributed by atoms with E-state index >= 15 is 0 Å². The number of ether oxygens (including phenoxy) is 3. The van der Waals surface area contributed by atoms with Gasteiger partial charge in [0, 0.05) is 44.1 Å². The van der Waals surface area contributed by atoms with Gasteiger partial charge in [0.15, 0.2) is 6.29 Å². The Morgan fingerprint density at radius 3 is 2.31 bits per heavy atom. The van der Waals surface area contributed by atoms with Crippen molar-refractivity contribution in [3.8, 4) is 11.1 Å². The second-order valence-corrected chi connectivity index (χ2v) is 15.1. The highest BCUT2D eigenvalue weighted by molar-refractivity contribution is 5.83. The number of rotatable bonds is 14. The molecule has 0 aliphatic carbocycles. The van der Waals surface area contributed by atoms with E-state index in [-0.39, 0.29) is 25.4 Å². The summed E-state index contributed by atoms with van der Waals surface area (Å²) in [6.45, 7) is 5.83. The lowest BCUT2D eigenvalue weighted by Gasteiger charge is -2.39. The van der Waals surface area contributed by atoms with E-state index in [1.165, 1.54) is 45.9 Å². The van der Waals surface area contributed by atoms with Gasteiger partial charge in [-0.3, -0.25) is 4.90 Å². The average molecular weight is 747 g/mol. The molecule has 4 aromatic carbocycles. The minimum Gasteiger partial charge on any atom is -0.467 e. The minimum absolute atomic E-state index is 0.00359. The second-order valence-electron chi connectivity index (χ2n) is 15.1. The first-order chi connectivity index (χ1) is 26.9. The summed E-state index contributed by atoms with van der Waals surface area (Å²) in [6, 6.07) is 33.3. The fourth-order valence-corrected chi connectivity index (χ4v) is 8.20. The minimum atomic E-state index is -0.809. The normalized spacial score (nSPS) is 22.3. The topological polar surface area (TPSA) is 113 Å². The van der Waals surface area contributed by atoms with Crippen LogP contribution in [0.1, 0.15) is 72.3 Å². The standard InChI is InChI=1S/C45H54N4O6/c1-53-43(51)41(25-32-10-3-2-4-11-32)47-45(52)46-28-34-12-7-13-36(24-34)37-14-8-15-38(26-37)44-54-40(27-42(55-44)35-19-17-33(31-50)18-20-35)30-49-23-9-16-39(49)29-48-21-5-6-22-48/h2-4,7-8,10-15,17-20,24,26,39-42,44,50H,5-6,9,16,21-23,25,27-31H2,1H3,(H2,46,47,52)/t39-,40-,41-,42+,44+/m0/s1. The zero-order valence-corrected chi connectivity index (χ0v) is 31.8. The maximum absolute atomic E-state index is 12.9. The highest BCUT2D eigenvalue weighted by Gasteiger charge is 2.36. The average Bonchev–Trinajstić information content (AvgIpc) is 3.92. The fourth-order valence-electron chi connectivity index (χ4n) is 8.20. The number of hydrogen-bond acceptors (Lipinski definition) is 8. The number of carbonyl (C=O) groups is 2. The van der Waals surface area contributed by atoms with Gasteiger partial charge in [-0.15, -0.1) is 0 Å². The number of amides is 2. The van der Waals surface area contributed by atoms with Crippen molar-refractivity contribution in [1.82, 2.24) is 20.4 Å². The Morgan fingerprint density at radius 1 is 0.800 bits per heavy atom. The Kier molecular flexibility index (Phi) is 13.3. The van der Waals surface area contributed by atoms with E-state index in [1.807, 2.05) is 60.7 Å². The number of likely N-dealkylation sites (tertiary alicyclic amines) is 2. The van der Waals surface area contributed by atoms with Crippen molar-refractivity contribution in [3.05, 3.63) is 131 Å². The number of urea groups is 1. The molecule has 7 rings (SSSR count). The number of benzene rings is 4. The van der Waals surface area contributed by atoms with Crippen LogP contribution < -0.4 is 10.6 Å². The number of aliphatic hydroxyl groups excluding tert-OH is 1. The van der Waals surface area contributed by atoms with Gasteiger partial charge in [-0.2, -0.15) is 0 Å². The van der Waals surface area contributed by atoms with Gasteiger partial charge in [-0.05, 0) is 90.8 Å². The summed E-state index contributed by atoms with van der Waals surface area (Å²) in [6.07, 6.45) is 5.46. The summed E-state index contributed by atoms with van der Waals surface area (Å²) < 4.78 is 18.5. The first-order valence-corrected chi connectivity index (χ1v) is 19.8. The second kappa shape index (κ2) is 18.8. The van der Waals surface area contributed by atoms with Crippen LogP contribution in [-0.4, -0.2) is 84.9 Å². The first-order valence-electron chi connectivity index (χ1n) is 19.8. The molecule has 3 aliphatic heterocycles. The van der Waals surface area contributed by atoms with Crippen molar-refractivity contribution in [1.29, 1.82) is 0 Å². The Bertz CT molecular complexity index is 1850. The SMILES string of the molecule is COC(=O)[C@H](Cc1ccccc1)NC(=O)NCc1cccc(-c2cccc([C@@H]3O[C@H](CN4CCC[C@H]4CN4CCCC4)C[C@H](c4ccc(CO)cc4)O3)c2)c1. The summed E-state index contributed by atoms with van der Waals surface area (Å²) in [7, 11) is 1.32. The lowest BCUT2D eigenvalue weighted by molar-refractivity contribution is -0.253.